The van der Waals surface area contributed by atoms with Crippen molar-refractivity contribution in [2.75, 3.05) is 30.3 Å². The Hall–Kier alpha value is -3.00. The van der Waals surface area contributed by atoms with Crippen LogP contribution in [0.4, 0.5) is 24.5 Å². The average Bonchev–Trinajstić information content (AvgIpc) is 3.15. The Bertz CT molecular complexity index is 1240. The molecule has 1 atom stereocenters. The first kappa shape index (κ1) is 25.1. The van der Waals surface area contributed by atoms with Gasteiger partial charge in [-0.25, -0.2) is 4.21 Å². The van der Waals surface area contributed by atoms with Crippen molar-refractivity contribution in [2.24, 2.45) is 0 Å². The van der Waals surface area contributed by atoms with E-state index >= 15 is 0 Å². The fourth-order valence-electron chi connectivity index (χ4n) is 4.19. The molecule has 1 aliphatic rings. The molecule has 0 aliphatic carbocycles. The number of halogens is 3. The van der Waals surface area contributed by atoms with Crippen LogP contribution in [0.15, 0.2) is 48.5 Å². The van der Waals surface area contributed by atoms with Crippen molar-refractivity contribution in [3.05, 3.63) is 59.8 Å². The van der Waals surface area contributed by atoms with E-state index < -0.39 is 23.8 Å². The number of piperidine rings is 1. The van der Waals surface area contributed by atoms with Gasteiger partial charge in [0.1, 0.15) is 6.54 Å². The van der Waals surface area contributed by atoms with Gasteiger partial charge in [0.15, 0.2) is 11.1 Å². The molecule has 3 aromatic rings. The maximum atomic E-state index is 13.4. The number of aromatic nitrogens is 1. The third-order valence-corrected chi connectivity index (χ3v) is 6.40. The molecule has 10 heteroatoms. The van der Waals surface area contributed by atoms with Crippen LogP contribution in [0.5, 0.6) is 0 Å². The second-order valence-corrected chi connectivity index (χ2v) is 9.39. The highest BCUT2D eigenvalue weighted by atomic mass is 32.2. The lowest BCUT2D eigenvalue weighted by molar-refractivity contribution is -0.140. The van der Waals surface area contributed by atoms with Gasteiger partial charge in [0.25, 0.3) is 0 Å². The van der Waals surface area contributed by atoms with Crippen LogP contribution in [0, 0.1) is 11.8 Å². The summed E-state index contributed by atoms with van der Waals surface area (Å²) in [4.78, 5) is 0. The summed E-state index contributed by atoms with van der Waals surface area (Å²) in [7, 11) is 0. The highest BCUT2D eigenvalue weighted by Gasteiger charge is 2.30. The van der Waals surface area contributed by atoms with E-state index in [1.54, 1.807) is 42.5 Å². The summed E-state index contributed by atoms with van der Waals surface area (Å²) in [5.74, 6) is 5.88. The van der Waals surface area contributed by atoms with Crippen LogP contribution in [0.3, 0.4) is 0 Å². The molecule has 1 aliphatic heterocycles. The average molecular weight is 505 g/mol. The first-order chi connectivity index (χ1) is 16.8. The fourth-order valence-corrected chi connectivity index (χ4v) is 4.67. The predicted molar refractivity (Wildman–Crippen MR) is 134 cm³/mol. The molecule has 2 aromatic carbocycles. The van der Waals surface area contributed by atoms with Crippen molar-refractivity contribution in [3.8, 4) is 11.8 Å². The topological polar surface area (TPSA) is 78.3 Å². The maximum absolute atomic E-state index is 13.4. The summed E-state index contributed by atoms with van der Waals surface area (Å²) in [6.07, 6.45) is -2.47. The molecule has 186 valence electrons. The maximum Gasteiger partial charge on any atom is 0.406 e. The highest BCUT2D eigenvalue weighted by Crippen LogP contribution is 2.31. The number of hydrogen-bond acceptors (Lipinski definition) is 4. The van der Waals surface area contributed by atoms with E-state index in [-0.39, 0.29) is 18.3 Å². The molecule has 0 amide bonds. The Labute approximate surface area is 204 Å². The molecule has 0 saturated carbocycles. The molecule has 0 bridgehead atoms. The molecular weight excluding hydrogens is 477 g/mol. The number of nitrogens with zero attached hydrogens (tertiary/aromatic N) is 1. The van der Waals surface area contributed by atoms with Crippen LogP contribution in [0.25, 0.3) is 10.9 Å². The first-order valence-corrected chi connectivity index (χ1v) is 12.6. The van der Waals surface area contributed by atoms with Crippen molar-refractivity contribution in [1.29, 1.82) is 0 Å². The number of nitrogens with one attached hydrogen (secondary N) is 3. The standard InChI is InChI=1S/C25H27F3N4O2S/c26-25(27,28)17-32-21(3-2-12-30-19-8-6-18(7-9-19)16-35(33)34)15-22-23(4-1-5-24(22)32)31-20-10-13-29-14-11-20/h1,4-9,15,20,29-31H,10-14,16-17H2,(H,33,34). The van der Waals surface area contributed by atoms with Crippen LogP contribution in [-0.4, -0.2) is 45.2 Å². The number of anilines is 2. The van der Waals surface area contributed by atoms with E-state index in [1.807, 2.05) is 6.07 Å². The second-order valence-electron chi connectivity index (χ2n) is 8.46. The minimum absolute atomic E-state index is 0.0539. The van der Waals surface area contributed by atoms with Crippen molar-refractivity contribution < 1.29 is 21.9 Å². The zero-order valence-corrected chi connectivity index (χ0v) is 19.8. The quantitative estimate of drug-likeness (QED) is 0.281. The Morgan fingerprint density at radius 3 is 2.57 bits per heavy atom. The van der Waals surface area contributed by atoms with Crippen LogP contribution in [-0.2, 0) is 23.4 Å². The van der Waals surface area contributed by atoms with Gasteiger partial charge in [-0.2, -0.15) is 13.2 Å². The lowest BCUT2D eigenvalue weighted by Gasteiger charge is -2.25. The van der Waals surface area contributed by atoms with E-state index in [2.05, 4.69) is 27.8 Å². The third kappa shape index (κ3) is 7.01. The molecular formula is C25H27F3N4O2S. The zero-order chi connectivity index (χ0) is 24.8. The van der Waals surface area contributed by atoms with Crippen molar-refractivity contribution in [3.63, 3.8) is 0 Å². The van der Waals surface area contributed by atoms with Gasteiger partial charge in [-0.15, -0.1) is 0 Å². The third-order valence-electron chi connectivity index (χ3n) is 5.82. The van der Waals surface area contributed by atoms with Crippen molar-refractivity contribution in [2.45, 2.75) is 37.4 Å². The van der Waals surface area contributed by atoms with E-state index in [4.69, 9.17) is 4.55 Å². The molecule has 6 nitrogen and oxygen atoms in total. The minimum atomic E-state index is -4.38. The van der Waals surface area contributed by atoms with E-state index in [0.717, 1.165) is 48.3 Å². The number of fused-ring (bicyclic) bond motifs is 1. The number of alkyl halides is 3. The summed E-state index contributed by atoms with van der Waals surface area (Å²) in [6, 6.07) is 14.4. The van der Waals surface area contributed by atoms with Crippen molar-refractivity contribution in [1.82, 2.24) is 9.88 Å². The van der Waals surface area contributed by atoms with Gasteiger partial charge in [0.2, 0.25) is 0 Å². The Kier molecular flexibility index (Phi) is 8.00. The van der Waals surface area contributed by atoms with Gasteiger partial charge in [0, 0.05) is 22.8 Å². The molecule has 0 spiro atoms. The first-order valence-electron chi connectivity index (χ1n) is 11.3. The molecule has 1 fully saturated rings. The molecule has 0 radical (unpaired) electrons. The Morgan fingerprint density at radius 2 is 1.89 bits per heavy atom. The van der Waals surface area contributed by atoms with Gasteiger partial charge < -0.3 is 25.1 Å². The van der Waals surface area contributed by atoms with Gasteiger partial charge in [-0.3, -0.25) is 0 Å². The predicted octanol–water partition coefficient (Wildman–Crippen LogP) is 4.55. The molecule has 35 heavy (non-hydrogen) atoms. The largest absolute Gasteiger partial charge is 0.406 e. The summed E-state index contributed by atoms with van der Waals surface area (Å²) in [5, 5.41) is 10.6. The fraction of sp³-hybridized carbons (Fsp3) is 0.360. The van der Waals surface area contributed by atoms with E-state index in [0.29, 0.717) is 11.2 Å². The summed E-state index contributed by atoms with van der Waals surface area (Å²) in [6.45, 7) is 0.948. The monoisotopic (exact) mass is 504 g/mol. The van der Waals surface area contributed by atoms with Crippen LogP contribution < -0.4 is 16.0 Å². The summed E-state index contributed by atoms with van der Waals surface area (Å²) in [5.41, 5.74) is 3.11. The molecule has 4 N–H and O–H groups in total. The van der Waals surface area contributed by atoms with Gasteiger partial charge in [-0.1, -0.05) is 24.1 Å². The van der Waals surface area contributed by atoms with Crippen LogP contribution in [0.1, 0.15) is 24.1 Å². The second kappa shape index (κ2) is 11.2. The van der Waals surface area contributed by atoms with Crippen molar-refractivity contribution >= 4 is 33.4 Å². The summed E-state index contributed by atoms with van der Waals surface area (Å²) < 4.78 is 61.2. The molecule has 1 unspecified atom stereocenters. The van der Waals surface area contributed by atoms with Gasteiger partial charge >= 0.3 is 6.18 Å². The number of benzene rings is 2. The normalized spacial score (nSPS) is 15.4. The Balaban J connectivity index is 1.54. The van der Waals surface area contributed by atoms with E-state index in [1.165, 1.54) is 4.57 Å². The van der Waals surface area contributed by atoms with Crippen LogP contribution >= 0.6 is 0 Å². The Morgan fingerprint density at radius 1 is 1.14 bits per heavy atom. The molecule has 2 heterocycles. The SMILES string of the molecule is O=S(O)Cc1ccc(NCC#Cc2cc3c(NC4CCNCC4)cccc3n2CC(F)(F)F)cc1. The minimum Gasteiger partial charge on any atom is -0.382 e. The van der Waals surface area contributed by atoms with Gasteiger partial charge in [-0.05, 0) is 67.7 Å². The number of rotatable bonds is 7. The highest BCUT2D eigenvalue weighted by molar-refractivity contribution is 7.78. The zero-order valence-electron chi connectivity index (χ0n) is 19.0. The van der Waals surface area contributed by atoms with Gasteiger partial charge in [0.05, 0.1) is 23.5 Å². The lowest BCUT2D eigenvalue weighted by Crippen LogP contribution is -2.35. The lowest BCUT2D eigenvalue weighted by atomic mass is 10.1. The van der Waals surface area contributed by atoms with Crippen LogP contribution in [0.2, 0.25) is 0 Å². The number of hydrogen-bond donors (Lipinski definition) is 4. The molecule has 4 rings (SSSR count). The molecule has 1 saturated heterocycles. The smallest absolute Gasteiger partial charge is 0.382 e. The van der Waals surface area contributed by atoms with E-state index in [9.17, 15) is 17.4 Å². The summed E-state index contributed by atoms with van der Waals surface area (Å²) >= 11 is -1.90. The molecule has 1 aromatic heterocycles.